The molecular formula is C11H17NO. The minimum atomic E-state index is 0.0291. The molecule has 1 rings (SSSR count). The number of hydrogen-bond donors (Lipinski definition) is 1. The van der Waals surface area contributed by atoms with Crippen molar-refractivity contribution < 1.29 is 4.74 Å². The fourth-order valence-corrected chi connectivity index (χ4v) is 1.31. The van der Waals surface area contributed by atoms with E-state index in [2.05, 4.69) is 13.0 Å². The van der Waals surface area contributed by atoms with Gasteiger partial charge in [-0.2, -0.15) is 0 Å². The molecule has 0 aliphatic rings. The second-order valence-corrected chi connectivity index (χ2v) is 3.26. The van der Waals surface area contributed by atoms with Gasteiger partial charge in [-0.05, 0) is 26.8 Å². The molecule has 0 aliphatic heterocycles. The Labute approximate surface area is 79.7 Å². The van der Waals surface area contributed by atoms with Crippen LogP contribution in [0.4, 0.5) is 0 Å². The average Bonchev–Trinajstić information content (AvgIpc) is 2.08. The third-order valence-corrected chi connectivity index (χ3v) is 1.96. The molecule has 0 bridgehead atoms. The van der Waals surface area contributed by atoms with Crippen molar-refractivity contribution in [3.05, 3.63) is 29.3 Å². The molecule has 0 amide bonds. The van der Waals surface area contributed by atoms with Crippen molar-refractivity contribution in [2.24, 2.45) is 5.73 Å². The lowest BCUT2D eigenvalue weighted by Gasteiger charge is -2.13. The quantitative estimate of drug-likeness (QED) is 0.773. The molecule has 1 aromatic carbocycles. The minimum absolute atomic E-state index is 0.0291. The summed E-state index contributed by atoms with van der Waals surface area (Å²) >= 11 is 0. The summed E-state index contributed by atoms with van der Waals surface area (Å²) in [6.45, 7) is 6.69. The zero-order valence-electron chi connectivity index (χ0n) is 8.50. The Balaban J connectivity index is 3.03. The lowest BCUT2D eigenvalue weighted by Crippen LogP contribution is -2.08. The maximum absolute atomic E-state index is 5.83. The molecule has 2 N–H and O–H groups in total. The molecule has 0 fully saturated rings. The molecule has 1 aromatic rings. The summed E-state index contributed by atoms with van der Waals surface area (Å²) in [4.78, 5) is 0. The van der Waals surface area contributed by atoms with Crippen molar-refractivity contribution >= 4 is 0 Å². The van der Waals surface area contributed by atoms with E-state index in [1.165, 1.54) is 5.56 Å². The lowest BCUT2D eigenvalue weighted by atomic mass is 10.1. The van der Waals surface area contributed by atoms with Crippen LogP contribution in [0.3, 0.4) is 0 Å². The maximum atomic E-state index is 5.83. The van der Waals surface area contributed by atoms with Crippen molar-refractivity contribution in [3.63, 3.8) is 0 Å². The molecule has 0 spiro atoms. The molecule has 1 atom stereocenters. The van der Waals surface area contributed by atoms with Gasteiger partial charge in [0, 0.05) is 11.6 Å². The van der Waals surface area contributed by atoms with Crippen LogP contribution in [0.5, 0.6) is 5.75 Å². The van der Waals surface area contributed by atoms with Gasteiger partial charge in [0.25, 0.3) is 0 Å². The van der Waals surface area contributed by atoms with Crippen LogP contribution in [0, 0.1) is 6.92 Å². The summed E-state index contributed by atoms with van der Waals surface area (Å²) in [6.07, 6.45) is 0. The highest BCUT2D eigenvalue weighted by molar-refractivity contribution is 5.38. The Bertz CT molecular complexity index is 281. The molecule has 0 saturated heterocycles. The smallest absolute Gasteiger partial charge is 0.124 e. The van der Waals surface area contributed by atoms with Crippen LogP contribution in [0.1, 0.15) is 31.0 Å². The van der Waals surface area contributed by atoms with E-state index in [0.29, 0.717) is 6.61 Å². The Morgan fingerprint density at radius 2 is 2.15 bits per heavy atom. The van der Waals surface area contributed by atoms with Crippen molar-refractivity contribution in [2.75, 3.05) is 6.61 Å². The maximum Gasteiger partial charge on any atom is 0.124 e. The predicted molar refractivity (Wildman–Crippen MR) is 55.0 cm³/mol. The zero-order chi connectivity index (χ0) is 9.84. The summed E-state index contributed by atoms with van der Waals surface area (Å²) < 4.78 is 5.47. The van der Waals surface area contributed by atoms with Gasteiger partial charge >= 0.3 is 0 Å². The predicted octanol–water partition coefficient (Wildman–Crippen LogP) is 2.41. The van der Waals surface area contributed by atoms with Gasteiger partial charge in [0.05, 0.1) is 6.61 Å². The fourth-order valence-electron chi connectivity index (χ4n) is 1.31. The largest absolute Gasteiger partial charge is 0.494 e. The van der Waals surface area contributed by atoms with E-state index < -0.39 is 0 Å². The van der Waals surface area contributed by atoms with Crippen LogP contribution < -0.4 is 10.5 Å². The number of nitrogens with two attached hydrogens (primary N) is 1. The van der Waals surface area contributed by atoms with E-state index in [9.17, 15) is 0 Å². The van der Waals surface area contributed by atoms with Crippen molar-refractivity contribution in [3.8, 4) is 5.75 Å². The highest BCUT2D eigenvalue weighted by Crippen LogP contribution is 2.24. The van der Waals surface area contributed by atoms with Gasteiger partial charge in [0.2, 0.25) is 0 Å². The van der Waals surface area contributed by atoms with Crippen LogP contribution in [-0.2, 0) is 0 Å². The number of rotatable bonds is 3. The summed E-state index contributed by atoms with van der Waals surface area (Å²) in [5.74, 6) is 0.906. The molecule has 13 heavy (non-hydrogen) atoms. The van der Waals surface area contributed by atoms with Crippen LogP contribution in [0.25, 0.3) is 0 Å². The Morgan fingerprint density at radius 1 is 1.46 bits per heavy atom. The third-order valence-electron chi connectivity index (χ3n) is 1.96. The summed E-state index contributed by atoms with van der Waals surface area (Å²) in [7, 11) is 0. The first-order valence-corrected chi connectivity index (χ1v) is 4.64. The molecule has 0 saturated carbocycles. The van der Waals surface area contributed by atoms with Crippen LogP contribution >= 0.6 is 0 Å². The van der Waals surface area contributed by atoms with Crippen molar-refractivity contribution in [2.45, 2.75) is 26.8 Å². The monoisotopic (exact) mass is 179 g/mol. The number of benzene rings is 1. The van der Waals surface area contributed by atoms with E-state index >= 15 is 0 Å². The van der Waals surface area contributed by atoms with Crippen LogP contribution in [-0.4, -0.2) is 6.61 Å². The minimum Gasteiger partial charge on any atom is -0.494 e. The van der Waals surface area contributed by atoms with Crippen molar-refractivity contribution in [1.29, 1.82) is 0 Å². The molecule has 2 heteroatoms. The fraction of sp³-hybridized carbons (Fsp3) is 0.455. The topological polar surface area (TPSA) is 35.2 Å². The SMILES string of the molecule is CCOc1ccc(C)cc1C(C)N. The van der Waals surface area contributed by atoms with E-state index in [1.807, 2.05) is 26.0 Å². The van der Waals surface area contributed by atoms with Gasteiger partial charge in [0.15, 0.2) is 0 Å². The highest BCUT2D eigenvalue weighted by atomic mass is 16.5. The summed E-state index contributed by atoms with van der Waals surface area (Å²) in [5.41, 5.74) is 8.14. The van der Waals surface area contributed by atoms with Gasteiger partial charge in [-0.3, -0.25) is 0 Å². The first-order chi connectivity index (χ1) is 6.15. The van der Waals surface area contributed by atoms with Gasteiger partial charge < -0.3 is 10.5 Å². The van der Waals surface area contributed by atoms with E-state index in [0.717, 1.165) is 11.3 Å². The summed E-state index contributed by atoms with van der Waals surface area (Å²) in [5, 5.41) is 0. The standard InChI is InChI=1S/C11H17NO/c1-4-13-11-6-5-8(2)7-10(11)9(3)12/h5-7,9H,4,12H2,1-3H3. The highest BCUT2D eigenvalue weighted by Gasteiger charge is 2.07. The number of aryl methyl sites for hydroxylation is 1. The first kappa shape index (κ1) is 10.1. The molecule has 72 valence electrons. The van der Waals surface area contributed by atoms with E-state index in [4.69, 9.17) is 10.5 Å². The van der Waals surface area contributed by atoms with Crippen LogP contribution in [0.15, 0.2) is 18.2 Å². The summed E-state index contributed by atoms with van der Waals surface area (Å²) in [6, 6.07) is 6.13. The number of ether oxygens (including phenoxy) is 1. The van der Waals surface area contributed by atoms with Gasteiger partial charge in [0.1, 0.15) is 5.75 Å². The zero-order valence-corrected chi connectivity index (χ0v) is 8.50. The van der Waals surface area contributed by atoms with Crippen molar-refractivity contribution in [1.82, 2.24) is 0 Å². The molecule has 0 radical (unpaired) electrons. The molecule has 1 unspecified atom stereocenters. The number of hydrogen-bond acceptors (Lipinski definition) is 2. The van der Waals surface area contributed by atoms with Gasteiger partial charge in [-0.25, -0.2) is 0 Å². The normalized spacial score (nSPS) is 12.6. The first-order valence-electron chi connectivity index (χ1n) is 4.64. The third kappa shape index (κ3) is 2.46. The average molecular weight is 179 g/mol. The second kappa shape index (κ2) is 4.28. The van der Waals surface area contributed by atoms with E-state index in [-0.39, 0.29) is 6.04 Å². The second-order valence-electron chi connectivity index (χ2n) is 3.26. The van der Waals surface area contributed by atoms with Gasteiger partial charge in [-0.15, -0.1) is 0 Å². The van der Waals surface area contributed by atoms with Crippen LogP contribution in [0.2, 0.25) is 0 Å². The van der Waals surface area contributed by atoms with E-state index in [1.54, 1.807) is 0 Å². The Hall–Kier alpha value is -1.02. The Morgan fingerprint density at radius 3 is 2.69 bits per heavy atom. The molecule has 2 nitrogen and oxygen atoms in total. The molecule has 0 aromatic heterocycles. The van der Waals surface area contributed by atoms with Gasteiger partial charge in [-0.1, -0.05) is 17.7 Å². The molecule has 0 heterocycles. The molecule has 0 aliphatic carbocycles. The lowest BCUT2D eigenvalue weighted by molar-refractivity contribution is 0.334. The molecular weight excluding hydrogens is 162 g/mol. The Kier molecular flexibility index (Phi) is 3.32.